The van der Waals surface area contributed by atoms with Gasteiger partial charge in [-0.2, -0.15) is 0 Å². The lowest BCUT2D eigenvalue weighted by molar-refractivity contribution is 0.589. The van der Waals surface area contributed by atoms with E-state index < -0.39 is 10.0 Å². The topological polar surface area (TPSA) is 65.1 Å². The number of para-hydroxylation sites is 1. The SMILES string of the molecule is C#CCc1cn(S(=O)(=O)c2ccccc2)c2c(N)cccc12. The van der Waals surface area contributed by atoms with Crippen LogP contribution < -0.4 is 5.73 Å². The highest BCUT2D eigenvalue weighted by Gasteiger charge is 2.21. The van der Waals surface area contributed by atoms with Crippen LogP contribution in [0.25, 0.3) is 10.9 Å². The maximum absolute atomic E-state index is 12.9. The van der Waals surface area contributed by atoms with Gasteiger partial charge in [-0.05, 0) is 23.8 Å². The zero-order valence-electron chi connectivity index (χ0n) is 11.7. The molecule has 22 heavy (non-hydrogen) atoms. The van der Waals surface area contributed by atoms with Crippen LogP contribution in [0.1, 0.15) is 5.56 Å². The highest BCUT2D eigenvalue weighted by molar-refractivity contribution is 7.90. The van der Waals surface area contributed by atoms with Crippen LogP contribution in [0.2, 0.25) is 0 Å². The van der Waals surface area contributed by atoms with Crippen LogP contribution in [0.5, 0.6) is 0 Å². The highest BCUT2D eigenvalue weighted by Crippen LogP contribution is 2.30. The van der Waals surface area contributed by atoms with Crippen LogP contribution in [0.4, 0.5) is 5.69 Å². The van der Waals surface area contributed by atoms with Crippen LogP contribution in [-0.2, 0) is 16.4 Å². The molecular weight excluding hydrogens is 296 g/mol. The van der Waals surface area contributed by atoms with Gasteiger partial charge in [-0.15, -0.1) is 12.3 Å². The molecule has 1 heterocycles. The monoisotopic (exact) mass is 310 g/mol. The second-order valence-electron chi connectivity index (χ2n) is 4.89. The Hall–Kier alpha value is -2.71. The van der Waals surface area contributed by atoms with E-state index in [2.05, 4.69) is 5.92 Å². The van der Waals surface area contributed by atoms with Crippen molar-refractivity contribution >= 4 is 26.6 Å². The lowest BCUT2D eigenvalue weighted by atomic mass is 10.1. The number of nitrogens with two attached hydrogens (primary N) is 1. The van der Waals surface area contributed by atoms with E-state index in [0.29, 0.717) is 17.6 Å². The Labute approximate surface area is 129 Å². The number of anilines is 1. The number of nitrogens with zero attached hydrogens (tertiary/aromatic N) is 1. The standard InChI is InChI=1S/C17H14N2O2S/c1-2-7-13-12-19(17-15(13)10-6-11-16(17)18)22(20,21)14-8-4-3-5-9-14/h1,3-6,8-12H,7,18H2. The zero-order valence-corrected chi connectivity index (χ0v) is 12.5. The Morgan fingerprint density at radius 3 is 2.50 bits per heavy atom. The molecule has 0 aliphatic rings. The van der Waals surface area contributed by atoms with Crippen molar-refractivity contribution in [2.45, 2.75) is 11.3 Å². The number of terminal acetylenes is 1. The highest BCUT2D eigenvalue weighted by atomic mass is 32.2. The fourth-order valence-corrected chi connectivity index (χ4v) is 3.93. The third-order valence-electron chi connectivity index (χ3n) is 3.50. The van der Waals surface area contributed by atoms with E-state index in [1.165, 1.54) is 3.97 Å². The quantitative estimate of drug-likeness (QED) is 0.597. The maximum Gasteiger partial charge on any atom is 0.268 e. The summed E-state index contributed by atoms with van der Waals surface area (Å²) in [7, 11) is -3.72. The minimum absolute atomic E-state index is 0.211. The Morgan fingerprint density at radius 2 is 1.82 bits per heavy atom. The minimum Gasteiger partial charge on any atom is -0.397 e. The van der Waals surface area contributed by atoms with Crippen molar-refractivity contribution in [1.29, 1.82) is 0 Å². The summed E-state index contributed by atoms with van der Waals surface area (Å²) in [5, 5.41) is 0.762. The van der Waals surface area contributed by atoms with Gasteiger partial charge >= 0.3 is 0 Å². The van der Waals surface area contributed by atoms with E-state index in [0.717, 1.165) is 10.9 Å². The van der Waals surface area contributed by atoms with Crippen molar-refractivity contribution in [3.8, 4) is 12.3 Å². The molecule has 1 aromatic heterocycles. The Kier molecular flexibility index (Phi) is 3.39. The molecule has 3 aromatic rings. The Morgan fingerprint density at radius 1 is 1.09 bits per heavy atom. The zero-order chi connectivity index (χ0) is 15.7. The Balaban J connectivity index is 2.35. The first-order chi connectivity index (χ1) is 10.6. The molecular formula is C17H14N2O2S. The molecule has 2 aromatic carbocycles. The Bertz CT molecular complexity index is 981. The molecule has 110 valence electrons. The average Bonchev–Trinajstić information content (AvgIpc) is 2.90. The largest absolute Gasteiger partial charge is 0.397 e. The lowest BCUT2D eigenvalue weighted by Gasteiger charge is -2.08. The first-order valence-corrected chi connectivity index (χ1v) is 8.12. The summed E-state index contributed by atoms with van der Waals surface area (Å²) in [6.07, 6.45) is 7.28. The van der Waals surface area contributed by atoms with Crippen molar-refractivity contribution in [2.24, 2.45) is 0 Å². The summed E-state index contributed by atoms with van der Waals surface area (Å²) in [6, 6.07) is 13.5. The van der Waals surface area contributed by atoms with Crippen LogP contribution >= 0.6 is 0 Å². The van der Waals surface area contributed by atoms with Gasteiger partial charge in [0.15, 0.2) is 0 Å². The summed E-state index contributed by atoms with van der Waals surface area (Å²) in [5.41, 5.74) is 7.64. The number of aromatic nitrogens is 1. The molecule has 4 nitrogen and oxygen atoms in total. The number of hydrogen-bond donors (Lipinski definition) is 1. The molecule has 0 radical (unpaired) electrons. The minimum atomic E-state index is -3.72. The number of benzene rings is 2. The second kappa shape index (κ2) is 5.24. The number of nitrogen functional groups attached to an aromatic ring is 1. The van der Waals surface area contributed by atoms with Gasteiger partial charge < -0.3 is 5.73 Å². The van der Waals surface area contributed by atoms with Crippen LogP contribution in [0.3, 0.4) is 0 Å². The van der Waals surface area contributed by atoms with Crippen molar-refractivity contribution in [2.75, 3.05) is 5.73 Å². The number of hydrogen-bond acceptors (Lipinski definition) is 3. The van der Waals surface area contributed by atoms with E-state index in [-0.39, 0.29) is 4.90 Å². The van der Waals surface area contributed by atoms with E-state index >= 15 is 0 Å². The molecule has 0 bridgehead atoms. The number of fused-ring (bicyclic) bond motifs is 1. The first-order valence-electron chi connectivity index (χ1n) is 6.68. The van der Waals surface area contributed by atoms with Gasteiger partial charge in [0.05, 0.1) is 16.1 Å². The van der Waals surface area contributed by atoms with Gasteiger partial charge in [0.25, 0.3) is 10.0 Å². The summed E-state index contributed by atoms with van der Waals surface area (Å²) in [6.45, 7) is 0. The van der Waals surface area contributed by atoms with Crippen LogP contribution in [0.15, 0.2) is 59.6 Å². The summed E-state index contributed by atoms with van der Waals surface area (Å²) in [4.78, 5) is 0.211. The summed E-state index contributed by atoms with van der Waals surface area (Å²) in [5.74, 6) is 2.55. The molecule has 0 saturated heterocycles. The molecule has 0 fully saturated rings. The smallest absolute Gasteiger partial charge is 0.268 e. The van der Waals surface area contributed by atoms with Crippen LogP contribution in [0, 0.1) is 12.3 Å². The van der Waals surface area contributed by atoms with E-state index in [1.807, 2.05) is 6.07 Å². The van der Waals surface area contributed by atoms with Gasteiger partial charge in [0.2, 0.25) is 0 Å². The molecule has 0 aliphatic carbocycles. The molecule has 2 N–H and O–H groups in total. The van der Waals surface area contributed by atoms with Gasteiger partial charge in [0, 0.05) is 18.0 Å². The fraction of sp³-hybridized carbons (Fsp3) is 0.0588. The van der Waals surface area contributed by atoms with Crippen molar-refractivity contribution in [3.05, 3.63) is 60.3 Å². The first kappa shape index (κ1) is 14.2. The molecule has 0 aliphatic heterocycles. The fourth-order valence-electron chi connectivity index (χ4n) is 2.49. The molecule has 0 amide bonds. The predicted molar refractivity (Wildman–Crippen MR) is 87.9 cm³/mol. The van der Waals surface area contributed by atoms with Gasteiger partial charge in [-0.1, -0.05) is 30.3 Å². The summed E-state index contributed by atoms with van der Waals surface area (Å²) >= 11 is 0. The van der Waals surface area contributed by atoms with Crippen LogP contribution in [-0.4, -0.2) is 12.4 Å². The normalized spacial score (nSPS) is 11.4. The van der Waals surface area contributed by atoms with Gasteiger partial charge in [0.1, 0.15) is 0 Å². The van der Waals surface area contributed by atoms with Crippen molar-refractivity contribution < 1.29 is 8.42 Å². The molecule has 0 atom stereocenters. The average molecular weight is 310 g/mol. The molecule has 0 saturated carbocycles. The predicted octanol–water partition coefficient (Wildman–Crippen LogP) is 2.64. The van der Waals surface area contributed by atoms with Gasteiger partial charge in [-0.25, -0.2) is 12.4 Å². The van der Waals surface area contributed by atoms with E-state index in [4.69, 9.17) is 12.2 Å². The van der Waals surface area contributed by atoms with E-state index in [9.17, 15) is 8.42 Å². The van der Waals surface area contributed by atoms with Crippen molar-refractivity contribution in [1.82, 2.24) is 3.97 Å². The third-order valence-corrected chi connectivity index (χ3v) is 5.17. The molecule has 5 heteroatoms. The summed E-state index contributed by atoms with van der Waals surface area (Å²) < 4.78 is 27.0. The van der Waals surface area contributed by atoms with Gasteiger partial charge in [-0.3, -0.25) is 0 Å². The van der Waals surface area contributed by atoms with Crippen molar-refractivity contribution in [3.63, 3.8) is 0 Å². The second-order valence-corrected chi connectivity index (χ2v) is 6.71. The maximum atomic E-state index is 12.9. The lowest BCUT2D eigenvalue weighted by Crippen LogP contribution is -2.12. The molecule has 3 rings (SSSR count). The molecule has 0 unspecified atom stereocenters. The molecule has 0 spiro atoms. The van der Waals surface area contributed by atoms with E-state index in [1.54, 1.807) is 48.7 Å². The number of rotatable bonds is 3. The third kappa shape index (κ3) is 2.14.